The largest absolute Gasteiger partial charge is 0.336 e. The maximum atomic E-state index is 11.9. The Morgan fingerprint density at radius 3 is 2.94 bits per heavy atom. The highest BCUT2D eigenvalue weighted by molar-refractivity contribution is 6.30. The lowest BCUT2D eigenvalue weighted by atomic mass is 10.1. The first kappa shape index (κ1) is 12.4. The first-order valence-electron chi connectivity index (χ1n) is 5.87. The molecule has 1 aliphatic heterocycles. The third-order valence-corrected chi connectivity index (χ3v) is 3.61. The summed E-state index contributed by atoms with van der Waals surface area (Å²) in [4.78, 5) is 13.8. The predicted molar refractivity (Wildman–Crippen MR) is 68.7 cm³/mol. The molecule has 0 saturated carbocycles. The normalized spacial score (nSPS) is 21.9. The number of likely N-dealkylation sites (tertiary alicyclic amines) is 1. The first-order chi connectivity index (χ1) is 8.11. The fourth-order valence-electron chi connectivity index (χ4n) is 2.29. The highest BCUT2D eigenvalue weighted by Crippen LogP contribution is 2.29. The van der Waals surface area contributed by atoms with Crippen LogP contribution < -0.4 is 5.73 Å². The third-order valence-electron chi connectivity index (χ3n) is 3.37. The van der Waals surface area contributed by atoms with E-state index in [9.17, 15) is 4.79 Å². The number of nitrogens with two attached hydrogens (primary N) is 1. The van der Waals surface area contributed by atoms with Crippen molar-refractivity contribution in [1.82, 2.24) is 4.90 Å². The van der Waals surface area contributed by atoms with Crippen molar-refractivity contribution in [2.45, 2.75) is 19.4 Å². The predicted octanol–water partition coefficient (Wildman–Crippen LogP) is 2.21. The van der Waals surface area contributed by atoms with Crippen molar-refractivity contribution in [3.63, 3.8) is 0 Å². The van der Waals surface area contributed by atoms with E-state index < -0.39 is 0 Å². The zero-order chi connectivity index (χ0) is 12.4. The summed E-state index contributed by atoms with van der Waals surface area (Å²) in [6, 6.07) is 7.73. The summed E-state index contributed by atoms with van der Waals surface area (Å²) in [6.45, 7) is 3.36. The number of halogens is 1. The Morgan fingerprint density at radius 1 is 1.59 bits per heavy atom. The van der Waals surface area contributed by atoms with Crippen LogP contribution >= 0.6 is 11.6 Å². The van der Waals surface area contributed by atoms with Crippen molar-refractivity contribution in [2.24, 2.45) is 11.7 Å². The Morgan fingerprint density at radius 2 is 2.35 bits per heavy atom. The minimum atomic E-state index is 0.0674. The topological polar surface area (TPSA) is 46.3 Å². The molecule has 0 aliphatic carbocycles. The number of hydrogen-bond acceptors (Lipinski definition) is 2. The molecule has 1 heterocycles. The molecule has 1 aliphatic rings. The monoisotopic (exact) mass is 252 g/mol. The van der Waals surface area contributed by atoms with Crippen LogP contribution in [0.15, 0.2) is 24.3 Å². The number of amides is 1. The second-order valence-corrected chi connectivity index (χ2v) is 5.02. The van der Waals surface area contributed by atoms with Gasteiger partial charge in [0.1, 0.15) is 0 Å². The van der Waals surface area contributed by atoms with Gasteiger partial charge in [0, 0.05) is 18.0 Å². The fraction of sp³-hybridized carbons (Fsp3) is 0.462. The zero-order valence-corrected chi connectivity index (χ0v) is 10.7. The van der Waals surface area contributed by atoms with E-state index >= 15 is 0 Å². The van der Waals surface area contributed by atoms with Gasteiger partial charge in [-0.2, -0.15) is 0 Å². The van der Waals surface area contributed by atoms with Gasteiger partial charge in [-0.15, -0.1) is 0 Å². The van der Waals surface area contributed by atoms with Crippen LogP contribution in [0.25, 0.3) is 0 Å². The maximum Gasteiger partial charge on any atom is 0.223 e. The van der Waals surface area contributed by atoms with Crippen molar-refractivity contribution >= 4 is 17.5 Å². The molecule has 0 bridgehead atoms. The summed E-state index contributed by atoms with van der Waals surface area (Å²) in [7, 11) is 0. The summed E-state index contributed by atoms with van der Waals surface area (Å²) in [5, 5.41) is 0.705. The molecule has 1 saturated heterocycles. The Balaban J connectivity index is 2.15. The summed E-state index contributed by atoms with van der Waals surface area (Å²) in [6.07, 6.45) is 0.571. The van der Waals surface area contributed by atoms with Crippen LogP contribution in [0.5, 0.6) is 0 Å². The van der Waals surface area contributed by atoms with Crippen LogP contribution in [-0.2, 0) is 4.79 Å². The average Bonchev–Trinajstić information content (AvgIpc) is 2.69. The molecule has 4 heteroatoms. The lowest BCUT2D eigenvalue weighted by Crippen LogP contribution is -2.29. The summed E-state index contributed by atoms with van der Waals surface area (Å²) in [5.74, 6) is 0.483. The number of rotatable bonds is 3. The molecule has 1 aromatic rings. The van der Waals surface area contributed by atoms with Crippen molar-refractivity contribution in [3.05, 3.63) is 34.9 Å². The average molecular weight is 253 g/mol. The van der Waals surface area contributed by atoms with Crippen LogP contribution in [-0.4, -0.2) is 23.9 Å². The van der Waals surface area contributed by atoms with Gasteiger partial charge in [-0.1, -0.05) is 23.7 Å². The second-order valence-electron chi connectivity index (χ2n) is 4.58. The van der Waals surface area contributed by atoms with E-state index in [0.717, 1.165) is 12.1 Å². The molecule has 2 rings (SSSR count). The first-order valence-corrected chi connectivity index (χ1v) is 6.24. The van der Waals surface area contributed by atoms with Gasteiger partial charge in [0.15, 0.2) is 0 Å². The molecule has 2 N–H and O–H groups in total. The third kappa shape index (κ3) is 2.61. The number of carbonyl (C=O) groups is 1. The summed E-state index contributed by atoms with van der Waals surface area (Å²) in [5.41, 5.74) is 6.69. The number of hydrogen-bond donors (Lipinski definition) is 1. The second kappa shape index (κ2) is 5.07. The summed E-state index contributed by atoms with van der Waals surface area (Å²) >= 11 is 5.96. The lowest BCUT2D eigenvalue weighted by Gasteiger charge is -2.25. The van der Waals surface area contributed by atoms with Gasteiger partial charge in [0.25, 0.3) is 0 Å². The molecule has 1 amide bonds. The highest BCUT2D eigenvalue weighted by atomic mass is 35.5. The van der Waals surface area contributed by atoms with Crippen LogP contribution in [0.4, 0.5) is 0 Å². The van der Waals surface area contributed by atoms with E-state index in [1.54, 1.807) is 0 Å². The highest BCUT2D eigenvalue weighted by Gasteiger charge is 2.32. The maximum absolute atomic E-state index is 11.9. The minimum absolute atomic E-state index is 0.0674. The fourth-order valence-corrected chi connectivity index (χ4v) is 2.49. The van der Waals surface area contributed by atoms with E-state index in [4.69, 9.17) is 17.3 Å². The zero-order valence-electron chi connectivity index (χ0n) is 9.90. The Bertz CT molecular complexity index is 422. The van der Waals surface area contributed by atoms with Crippen LogP contribution in [0.2, 0.25) is 5.02 Å². The van der Waals surface area contributed by atoms with Gasteiger partial charge >= 0.3 is 0 Å². The van der Waals surface area contributed by atoms with Crippen LogP contribution in [0.3, 0.4) is 0 Å². The molecule has 0 aromatic heterocycles. The van der Waals surface area contributed by atoms with Crippen LogP contribution in [0, 0.1) is 5.92 Å². The van der Waals surface area contributed by atoms with Crippen LogP contribution in [0.1, 0.15) is 24.9 Å². The molecule has 92 valence electrons. The Kier molecular flexibility index (Phi) is 3.69. The number of benzene rings is 1. The van der Waals surface area contributed by atoms with Gasteiger partial charge in [-0.25, -0.2) is 0 Å². The molecule has 0 radical (unpaired) electrons. The number of nitrogens with zero attached hydrogens (tertiary/aromatic N) is 1. The van der Waals surface area contributed by atoms with E-state index in [2.05, 4.69) is 0 Å². The molecule has 3 nitrogen and oxygen atoms in total. The van der Waals surface area contributed by atoms with Crippen molar-refractivity contribution in [1.29, 1.82) is 0 Å². The summed E-state index contributed by atoms with van der Waals surface area (Å²) < 4.78 is 0. The quantitative estimate of drug-likeness (QED) is 0.897. The van der Waals surface area contributed by atoms with Gasteiger partial charge in [-0.05, 0) is 37.1 Å². The van der Waals surface area contributed by atoms with Crippen molar-refractivity contribution in [3.8, 4) is 0 Å². The Hall–Kier alpha value is -1.06. The molecular weight excluding hydrogens is 236 g/mol. The van der Waals surface area contributed by atoms with Crippen molar-refractivity contribution in [2.75, 3.05) is 13.1 Å². The standard InChI is InChI=1S/C13H17ClN2O/c1-9(11-3-2-4-12(14)6-11)16-8-10(7-15)5-13(16)17/h2-4,6,9-10H,5,7-8,15H2,1H3. The molecule has 17 heavy (non-hydrogen) atoms. The SMILES string of the molecule is CC(c1cccc(Cl)c1)N1CC(CN)CC1=O. The molecule has 2 atom stereocenters. The molecule has 1 aromatic carbocycles. The minimum Gasteiger partial charge on any atom is -0.336 e. The van der Waals surface area contributed by atoms with E-state index in [1.165, 1.54) is 0 Å². The molecule has 1 fully saturated rings. The van der Waals surface area contributed by atoms with Gasteiger partial charge in [0.05, 0.1) is 6.04 Å². The van der Waals surface area contributed by atoms with E-state index in [-0.39, 0.29) is 11.9 Å². The van der Waals surface area contributed by atoms with E-state index in [0.29, 0.717) is 23.9 Å². The number of carbonyl (C=O) groups excluding carboxylic acids is 1. The van der Waals surface area contributed by atoms with Gasteiger partial charge in [0.2, 0.25) is 5.91 Å². The van der Waals surface area contributed by atoms with E-state index in [1.807, 2.05) is 36.1 Å². The molecule has 2 unspecified atom stereocenters. The Labute approximate surface area is 107 Å². The van der Waals surface area contributed by atoms with Crippen molar-refractivity contribution < 1.29 is 4.79 Å². The molecule has 0 spiro atoms. The molecular formula is C13H17ClN2O. The lowest BCUT2D eigenvalue weighted by molar-refractivity contribution is -0.129. The van der Waals surface area contributed by atoms with Gasteiger partial charge < -0.3 is 10.6 Å². The van der Waals surface area contributed by atoms with Gasteiger partial charge in [-0.3, -0.25) is 4.79 Å². The smallest absolute Gasteiger partial charge is 0.223 e.